The summed E-state index contributed by atoms with van der Waals surface area (Å²) in [7, 11) is 2.12. The lowest BCUT2D eigenvalue weighted by molar-refractivity contribution is -0.0318. The summed E-state index contributed by atoms with van der Waals surface area (Å²) in [5.74, 6) is 0. The van der Waals surface area contributed by atoms with Crippen molar-refractivity contribution >= 4 is 15.9 Å². The molecule has 0 unspecified atom stereocenters. The topological polar surface area (TPSA) is 32.7 Å². The number of nitrogens with zero attached hydrogens (tertiary/aromatic N) is 1. The van der Waals surface area contributed by atoms with E-state index in [-0.39, 0.29) is 12.0 Å². The van der Waals surface area contributed by atoms with Crippen LogP contribution in [-0.4, -0.2) is 43.4 Å². The molecule has 1 heterocycles. The van der Waals surface area contributed by atoms with Gasteiger partial charge in [-0.1, -0.05) is 28.1 Å². The zero-order valence-corrected chi connectivity index (χ0v) is 13.0. The van der Waals surface area contributed by atoms with Crippen molar-refractivity contribution in [3.05, 3.63) is 34.3 Å². The smallest absolute Gasteiger partial charge is 0.0501 e. The molecule has 1 aliphatic heterocycles. The molecule has 1 aromatic carbocycles. The molecule has 1 saturated heterocycles. The zero-order valence-electron chi connectivity index (χ0n) is 11.4. The predicted octanol–water partition coefficient (Wildman–Crippen LogP) is 2.67. The first kappa shape index (κ1) is 15.0. The molecule has 0 aliphatic carbocycles. The van der Waals surface area contributed by atoms with Gasteiger partial charge in [0, 0.05) is 36.2 Å². The number of hydrogen-bond acceptors (Lipinski definition) is 3. The van der Waals surface area contributed by atoms with Gasteiger partial charge in [-0.05, 0) is 37.6 Å². The van der Waals surface area contributed by atoms with Crippen LogP contribution in [-0.2, 0) is 11.3 Å². The number of hydrogen-bond donors (Lipinski definition) is 1. The van der Waals surface area contributed by atoms with Crippen LogP contribution in [0.25, 0.3) is 0 Å². The molecule has 0 aromatic heterocycles. The number of aliphatic hydroxyl groups excluding tert-OH is 1. The van der Waals surface area contributed by atoms with Gasteiger partial charge in [-0.2, -0.15) is 0 Å². The van der Waals surface area contributed by atoms with Gasteiger partial charge in [-0.15, -0.1) is 0 Å². The fourth-order valence-electron chi connectivity index (χ4n) is 2.75. The van der Waals surface area contributed by atoms with Crippen LogP contribution in [0.1, 0.15) is 18.4 Å². The Morgan fingerprint density at radius 2 is 2.11 bits per heavy atom. The maximum atomic E-state index is 9.71. The SMILES string of the molecule is CN(Cc1cccc(Br)c1)CC1(CO)CCOCC1. The molecule has 0 atom stereocenters. The maximum absolute atomic E-state index is 9.71. The molecular formula is C15H22BrNO2. The van der Waals surface area contributed by atoms with Crippen LogP contribution in [0.2, 0.25) is 0 Å². The third kappa shape index (κ3) is 4.28. The second-order valence-electron chi connectivity index (χ2n) is 5.57. The molecule has 0 radical (unpaired) electrons. The van der Waals surface area contributed by atoms with Crippen LogP contribution in [0.5, 0.6) is 0 Å². The first-order chi connectivity index (χ1) is 9.13. The molecule has 3 nitrogen and oxygen atoms in total. The molecular weight excluding hydrogens is 306 g/mol. The third-order valence-corrected chi connectivity index (χ3v) is 4.33. The van der Waals surface area contributed by atoms with Crippen LogP contribution in [0.4, 0.5) is 0 Å². The Balaban J connectivity index is 1.94. The van der Waals surface area contributed by atoms with E-state index in [1.807, 2.05) is 6.07 Å². The van der Waals surface area contributed by atoms with E-state index in [1.165, 1.54) is 5.56 Å². The Morgan fingerprint density at radius 1 is 1.37 bits per heavy atom. The van der Waals surface area contributed by atoms with Gasteiger partial charge < -0.3 is 14.7 Å². The molecule has 1 N–H and O–H groups in total. The molecule has 0 spiro atoms. The summed E-state index contributed by atoms with van der Waals surface area (Å²) in [6, 6.07) is 8.38. The largest absolute Gasteiger partial charge is 0.396 e. The minimum atomic E-state index is 0.0129. The monoisotopic (exact) mass is 327 g/mol. The summed E-state index contributed by atoms with van der Waals surface area (Å²) < 4.78 is 6.52. The van der Waals surface area contributed by atoms with Crippen molar-refractivity contribution in [1.82, 2.24) is 4.90 Å². The average molecular weight is 328 g/mol. The van der Waals surface area contributed by atoms with Crippen molar-refractivity contribution in [2.24, 2.45) is 5.41 Å². The number of benzene rings is 1. The van der Waals surface area contributed by atoms with E-state index >= 15 is 0 Å². The Labute approximate surface area is 123 Å². The molecule has 19 heavy (non-hydrogen) atoms. The van der Waals surface area contributed by atoms with Gasteiger partial charge >= 0.3 is 0 Å². The fraction of sp³-hybridized carbons (Fsp3) is 0.600. The van der Waals surface area contributed by atoms with Gasteiger partial charge in [0.1, 0.15) is 0 Å². The van der Waals surface area contributed by atoms with Crippen LogP contribution in [0.15, 0.2) is 28.7 Å². The molecule has 1 aromatic rings. The minimum Gasteiger partial charge on any atom is -0.396 e. The Hall–Kier alpha value is -0.420. The van der Waals surface area contributed by atoms with E-state index < -0.39 is 0 Å². The van der Waals surface area contributed by atoms with Crippen molar-refractivity contribution < 1.29 is 9.84 Å². The molecule has 1 aliphatic rings. The second-order valence-corrected chi connectivity index (χ2v) is 6.49. The quantitative estimate of drug-likeness (QED) is 0.902. The van der Waals surface area contributed by atoms with Crippen molar-refractivity contribution in [2.75, 3.05) is 33.4 Å². The Kier molecular flexibility index (Phi) is 5.39. The van der Waals surface area contributed by atoms with Crippen molar-refractivity contribution in [2.45, 2.75) is 19.4 Å². The van der Waals surface area contributed by atoms with Crippen LogP contribution >= 0.6 is 15.9 Å². The van der Waals surface area contributed by atoms with Crippen LogP contribution in [0.3, 0.4) is 0 Å². The van der Waals surface area contributed by atoms with Gasteiger partial charge in [-0.25, -0.2) is 0 Å². The van der Waals surface area contributed by atoms with Gasteiger partial charge in [0.15, 0.2) is 0 Å². The lowest BCUT2D eigenvalue weighted by Gasteiger charge is -2.38. The molecule has 2 rings (SSSR count). The first-order valence-corrected chi connectivity index (χ1v) is 7.54. The fourth-order valence-corrected chi connectivity index (χ4v) is 3.19. The molecule has 0 amide bonds. The van der Waals surface area contributed by atoms with Crippen molar-refractivity contribution in [1.29, 1.82) is 0 Å². The molecule has 1 fully saturated rings. The standard InChI is InChI=1S/C15H22BrNO2/c1-17(10-13-3-2-4-14(16)9-13)11-15(12-18)5-7-19-8-6-15/h2-4,9,18H,5-8,10-12H2,1H3. The lowest BCUT2D eigenvalue weighted by Crippen LogP contribution is -2.42. The highest BCUT2D eigenvalue weighted by Crippen LogP contribution is 2.31. The first-order valence-electron chi connectivity index (χ1n) is 6.75. The number of rotatable bonds is 5. The Morgan fingerprint density at radius 3 is 2.74 bits per heavy atom. The number of aliphatic hydroxyl groups is 1. The van der Waals surface area contributed by atoms with E-state index in [0.717, 1.165) is 43.6 Å². The zero-order chi connectivity index (χ0) is 13.7. The van der Waals surface area contributed by atoms with Gasteiger partial charge in [0.25, 0.3) is 0 Å². The number of ether oxygens (including phenoxy) is 1. The predicted molar refractivity (Wildman–Crippen MR) is 80.0 cm³/mol. The second kappa shape index (κ2) is 6.84. The Bertz CT molecular complexity index is 405. The average Bonchev–Trinajstić information content (AvgIpc) is 2.39. The normalized spacial score (nSPS) is 18.7. The van der Waals surface area contributed by atoms with Gasteiger partial charge in [0.05, 0.1) is 6.61 Å². The van der Waals surface area contributed by atoms with Crippen molar-refractivity contribution in [3.8, 4) is 0 Å². The molecule has 106 valence electrons. The highest BCUT2D eigenvalue weighted by molar-refractivity contribution is 9.10. The van der Waals surface area contributed by atoms with E-state index in [0.29, 0.717) is 0 Å². The highest BCUT2D eigenvalue weighted by Gasteiger charge is 2.33. The van der Waals surface area contributed by atoms with Gasteiger partial charge in [0.2, 0.25) is 0 Å². The highest BCUT2D eigenvalue weighted by atomic mass is 79.9. The van der Waals surface area contributed by atoms with Crippen LogP contribution in [0, 0.1) is 5.41 Å². The summed E-state index contributed by atoms with van der Waals surface area (Å²) >= 11 is 3.50. The number of halogens is 1. The summed E-state index contributed by atoms with van der Waals surface area (Å²) in [6.45, 7) is 3.61. The van der Waals surface area contributed by atoms with E-state index in [2.05, 4.69) is 46.1 Å². The maximum Gasteiger partial charge on any atom is 0.0501 e. The summed E-state index contributed by atoms with van der Waals surface area (Å²) in [6.07, 6.45) is 1.90. The minimum absolute atomic E-state index is 0.0129. The van der Waals surface area contributed by atoms with Crippen LogP contribution < -0.4 is 0 Å². The van der Waals surface area contributed by atoms with E-state index in [4.69, 9.17) is 4.74 Å². The molecule has 4 heteroatoms. The summed E-state index contributed by atoms with van der Waals surface area (Å²) in [5, 5.41) is 9.71. The lowest BCUT2D eigenvalue weighted by atomic mass is 9.80. The van der Waals surface area contributed by atoms with E-state index in [1.54, 1.807) is 0 Å². The van der Waals surface area contributed by atoms with E-state index in [9.17, 15) is 5.11 Å². The summed E-state index contributed by atoms with van der Waals surface area (Å²) in [4.78, 5) is 2.29. The summed E-state index contributed by atoms with van der Waals surface area (Å²) in [5.41, 5.74) is 1.30. The molecule has 0 bridgehead atoms. The molecule has 0 saturated carbocycles. The van der Waals surface area contributed by atoms with Gasteiger partial charge in [-0.3, -0.25) is 0 Å². The third-order valence-electron chi connectivity index (χ3n) is 3.84. The van der Waals surface area contributed by atoms with Crippen molar-refractivity contribution in [3.63, 3.8) is 0 Å².